The van der Waals surface area contributed by atoms with Crippen LogP contribution in [0.1, 0.15) is 33.6 Å². The van der Waals surface area contributed by atoms with Crippen molar-refractivity contribution in [2.24, 2.45) is 5.84 Å². The van der Waals surface area contributed by atoms with E-state index >= 15 is 0 Å². The molecule has 0 aromatic heterocycles. The maximum Gasteiger partial charge on any atom is 0.529 e. The molecule has 1 rings (SSSR count). The number of carbonyl (C=O) groups excluding carboxylic acids is 1. The van der Waals surface area contributed by atoms with Crippen LogP contribution in [0.5, 0.6) is 0 Å². The van der Waals surface area contributed by atoms with Crippen molar-refractivity contribution in [1.82, 2.24) is 5.17 Å². The summed E-state index contributed by atoms with van der Waals surface area (Å²) in [6.07, 6.45) is 1.19. The molecule has 0 spiro atoms. The molecule has 2 N–H and O–H groups in total. The highest BCUT2D eigenvalue weighted by Gasteiger charge is 2.31. The third-order valence-corrected chi connectivity index (χ3v) is 1.48. The van der Waals surface area contributed by atoms with Gasteiger partial charge >= 0.3 is 6.16 Å². The first kappa shape index (κ1) is 10.3. The number of hydrogen-bond donors (Lipinski definition) is 1. The van der Waals surface area contributed by atoms with Gasteiger partial charge in [-0.3, -0.25) is 0 Å². The number of hydrogen-bond acceptors (Lipinski definition) is 5. The van der Waals surface area contributed by atoms with Crippen molar-refractivity contribution in [3.8, 4) is 0 Å². The second-order valence-electron chi connectivity index (χ2n) is 4.15. The molecule has 0 atom stereocenters. The molecule has 1 fully saturated rings. The summed E-state index contributed by atoms with van der Waals surface area (Å²) in [4.78, 5) is 15.7. The summed E-state index contributed by atoms with van der Waals surface area (Å²) in [5.74, 6) is 5.41. The molecule has 76 valence electrons. The van der Waals surface area contributed by atoms with E-state index in [4.69, 9.17) is 15.4 Å². The van der Waals surface area contributed by atoms with E-state index in [0.29, 0.717) is 0 Å². The number of carbonyl (C=O) groups is 1. The van der Waals surface area contributed by atoms with Crippen LogP contribution >= 0.6 is 0 Å². The Balaban J connectivity index is 2.24. The van der Waals surface area contributed by atoms with Gasteiger partial charge in [-0.15, -0.1) is 0 Å². The SMILES string of the molecule is CC(C)(C)OC(=O)ON(N)C1CC1. The van der Waals surface area contributed by atoms with Crippen LogP contribution in [-0.4, -0.2) is 23.0 Å². The average Bonchev–Trinajstić information content (AvgIpc) is 2.60. The van der Waals surface area contributed by atoms with E-state index in [2.05, 4.69) is 0 Å². The van der Waals surface area contributed by atoms with Crippen LogP contribution in [0.15, 0.2) is 0 Å². The molecule has 0 amide bonds. The van der Waals surface area contributed by atoms with Gasteiger partial charge in [0.05, 0.1) is 6.04 Å². The Morgan fingerprint density at radius 3 is 2.38 bits per heavy atom. The highest BCUT2D eigenvalue weighted by molar-refractivity contribution is 5.60. The number of rotatable bonds is 2. The summed E-state index contributed by atoms with van der Waals surface area (Å²) >= 11 is 0. The van der Waals surface area contributed by atoms with Gasteiger partial charge in [0.15, 0.2) is 0 Å². The van der Waals surface area contributed by atoms with Gasteiger partial charge in [-0.2, -0.15) is 0 Å². The second kappa shape index (κ2) is 3.51. The lowest BCUT2D eigenvalue weighted by Crippen LogP contribution is -2.37. The fraction of sp³-hybridized carbons (Fsp3) is 0.875. The highest BCUT2D eigenvalue weighted by atomic mass is 16.8. The largest absolute Gasteiger partial charge is 0.529 e. The topological polar surface area (TPSA) is 64.8 Å². The summed E-state index contributed by atoms with van der Waals surface area (Å²) < 4.78 is 4.90. The first-order valence-corrected chi connectivity index (χ1v) is 4.33. The van der Waals surface area contributed by atoms with Crippen molar-refractivity contribution in [2.45, 2.75) is 45.3 Å². The smallest absolute Gasteiger partial charge is 0.427 e. The van der Waals surface area contributed by atoms with E-state index in [1.165, 1.54) is 0 Å². The minimum atomic E-state index is -0.748. The van der Waals surface area contributed by atoms with Crippen LogP contribution in [0.25, 0.3) is 0 Å². The Labute approximate surface area is 77.7 Å². The Morgan fingerprint density at radius 1 is 1.46 bits per heavy atom. The van der Waals surface area contributed by atoms with Gasteiger partial charge in [-0.1, -0.05) is 5.17 Å². The third kappa shape index (κ3) is 4.10. The van der Waals surface area contributed by atoms with Crippen molar-refractivity contribution < 1.29 is 14.4 Å². The molecule has 13 heavy (non-hydrogen) atoms. The van der Waals surface area contributed by atoms with E-state index in [1.54, 1.807) is 20.8 Å². The molecule has 5 nitrogen and oxygen atoms in total. The zero-order valence-corrected chi connectivity index (χ0v) is 8.24. The second-order valence-corrected chi connectivity index (χ2v) is 4.15. The highest BCUT2D eigenvalue weighted by Crippen LogP contribution is 2.24. The van der Waals surface area contributed by atoms with Crippen molar-refractivity contribution in [1.29, 1.82) is 0 Å². The monoisotopic (exact) mass is 188 g/mol. The third-order valence-electron chi connectivity index (χ3n) is 1.48. The van der Waals surface area contributed by atoms with Crippen LogP contribution in [0.3, 0.4) is 0 Å². The molecule has 0 radical (unpaired) electrons. The van der Waals surface area contributed by atoms with Crippen molar-refractivity contribution in [2.75, 3.05) is 0 Å². The molecule has 0 saturated heterocycles. The molecule has 0 aromatic rings. The predicted octanol–water partition coefficient (Wildman–Crippen LogP) is 1.19. The van der Waals surface area contributed by atoms with E-state index in [1.807, 2.05) is 0 Å². The van der Waals surface area contributed by atoms with Crippen LogP contribution in [0.4, 0.5) is 4.79 Å². The molecule has 1 aliphatic carbocycles. The van der Waals surface area contributed by atoms with Gasteiger partial charge in [0, 0.05) is 0 Å². The van der Waals surface area contributed by atoms with Gasteiger partial charge in [-0.25, -0.2) is 10.6 Å². The summed E-state index contributed by atoms with van der Waals surface area (Å²) in [5.41, 5.74) is -0.540. The molecular formula is C8H16N2O3. The normalized spacial score (nSPS) is 17.3. The number of hydroxylamine groups is 1. The fourth-order valence-electron chi connectivity index (χ4n) is 0.758. The van der Waals surface area contributed by atoms with E-state index in [0.717, 1.165) is 18.0 Å². The minimum absolute atomic E-state index is 0.174. The van der Waals surface area contributed by atoms with Gasteiger partial charge < -0.3 is 9.57 Å². The molecule has 0 unspecified atom stereocenters. The molecule has 1 aliphatic rings. The van der Waals surface area contributed by atoms with E-state index < -0.39 is 11.8 Å². The van der Waals surface area contributed by atoms with Gasteiger partial charge in [-0.05, 0) is 33.6 Å². The standard InChI is InChI=1S/C8H16N2O3/c1-8(2,3)12-7(11)13-10(9)6-4-5-6/h6H,4-5,9H2,1-3H3. The molecule has 0 aromatic carbocycles. The fourth-order valence-corrected chi connectivity index (χ4v) is 0.758. The summed E-state index contributed by atoms with van der Waals surface area (Å²) in [5, 5.41) is 1.06. The lowest BCUT2D eigenvalue weighted by molar-refractivity contribution is -0.150. The predicted molar refractivity (Wildman–Crippen MR) is 46.4 cm³/mol. The Hall–Kier alpha value is -0.810. The number of nitrogens with two attached hydrogens (primary N) is 1. The van der Waals surface area contributed by atoms with E-state index in [-0.39, 0.29) is 6.04 Å². The van der Waals surface area contributed by atoms with Gasteiger partial charge in [0.25, 0.3) is 0 Å². The van der Waals surface area contributed by atoms with Gasteiger partial charge in [0.1, 0.15) is 5.60 Å². The first-order chi connectivity index (χ1) is 5.88. The minimum Gasteiger partial charge on any atom is -0.427 e. The summed E-state index contributed by atoms with van der Waals surface area (Å²) in [6.45, 7) is 5.31. The lowest BCUT2D eigenvalue weighted by atomic mass is 10.2. The molecule has 0 heterocycles. The molecule has 0 aliphatic heterocycles. The Bertz CT molecular complexity index is 196. The van der Waals surface area contributed by atoms with Crippen molar-refractivity contribution in [3.05, 3.63) is 0 Å². The number of hydrazine groups is 1. The molecule has 1 saturated carbocycles. The van der Waals surface area contributed by atoms with Crippen LogP contribution in [0.2, 0.25) is 0 Å². The molecule has 5 heteroatoms. The van der Waals surface area contributed by atoms with Crippen LogP contribution in [0, 0.1) is 0 Å². The Kier molecular flexibility index (Phi) is 2.77. The van der Waals surface area contributed by atoms with Crippen molar-refractivity contribution >= 4 is 6.16 Å². The average molecular weight is 188 g/mol. The van der Waals surface area contributed by atoms with Crippen LogP contribution < -0.4 is 5.84 Å². The summed E-state index contributed by atoms with van der Waals surface area (Å²) in [6, 6.07) is 0.174. The van der Waals surface area contributed by atoms with E-state index in [9.17, 15) is 4.79 Å². The molecular weight excluding hydrogens is 172 g/mol. The maximum atomic E-state index is 11.0. The van der Waals surface area contributed by atoms with Crippen molar-refractivity contribution in [3.63, 3.8) is 0 Å². The zero-order valence-electron chi connectivity index (χ0n) is 8.24. The zero-order chi connectivity index (χ0) is 10.1. The number of nitrogens with zero attached hydrogens (tertiary/aromatic N) is 1. The van der Waals surface area contributed by atoms with Gasteiger partial charge in [0.2, 0.25) is 0 Å². The van der Waals surface area contributed by atoms with Crippen LogP contribution in [-0.2, 0) is 9.57 Å². The maximum absolute atomic E-state index is 11.0. The quantitative estimate of drug-likeness (QED) is 0.400. The Morgan fingerprint density at radius 2 is 2.00 bits per heavy atom. The summed E-state index contributed by atoms with van der Waals surface area (Å²) in [7, 11) is 0. The first-order valence-electron chi connectivity index (χ1n) is 4.33. The molecule has 0 bridgehead atoms. The number of ether oxygens (including phenoxy) is 1. The lowest BCUT2D eigenvalue weighted by Gasteiger charge is -2.21.